The van der Waals surface area contributed by atoms with Crippen molar-refractivity contribution in [3.63, 3.8) is 0 Å². The van der Waals surface area contributed by atoms with Crippen LogP contribution in [-0.2, 0) is 26.5 Å². The Hall–Kier alpha value is -8.06. The molecule has 8 nitrogen and oxygen atoms in total. The number of H-pyrrole nitrogens is 1. The van der Waals surface area contributed by atoms with Crippen LogP contribution in [0.1, 0.15) is 31.9 Å². The molecule has 6 aromatic heterocycles. The summed E-state index contributed by atoms with van der Waals surface area (Å²) in [5.74, 6) is 1.71. The Morgan fingerprint density at radius 3 is 2.06 bits per heavy atom. The predicted molar refractivity (Wildman–Crippen MR) is 276 cm³/mol. The van der Waals surface area contributed by atoms with Gasteiger partial charge in [-0.25, -0.2) is 9.97 Å². The summed E-state index contributed by atoms with van der Waals surface area (Å²) in [7, 11) is 0. The molecule has 0 aliphatic carbocycles. The van der Waals surface area contributed by atoms with Gasteiger partial charge in [0.1, 0.15) is 5.82 Å². The van der Waals surface area contributed by atoms with Crippen molar-refractivity contribution in [3.05, 3.63) is 218 Å². The minimum absolute atomic E-state index is 0. The normalized spacial score (nSPS) is 11.9. The Balaban J connectivity index is 0.000000141. The molecule has 0 saturated carbocycles. The van der Waals surface area contributed by atoms with Gasteiger partial charge < -0.3 is 18.5 Å². The molecule has 8 aromatic carbocycles. The maximum absolute atomic E-state index is 5.11. The summed E-state index contributed by atoms with van der Waals surface area (Å²) in [6.07, 6.45) is 5.51. The zero-order valence-electron chi connectivity index (χ0n) is 38.3. The number of aromatic nitrogens is 8. The molecule has 6 heterocycles. The van der Waals surface area contributed by atoms with Gasteiger partial charge in [0, 0.05) is 43.6 Å². The zero-order chi connectivity index (χ0) is 45.7. The molecule has 0 fully saturated rings. The summed E-state index contributed by atoms with van der Waals surface area (Å²) in [5, 5.41) is 4.87. The Bertz CT molecular complexity index is 4220. The minimum atomic E-state index is 0. The third-order valence-electron chi connectivity index (χ3n) is 13.3. The molecule has 0 amide bonds. The fourth-order valence-corrected chi connectivity index (χ4v) is 10.0. The minimum Gasteiger partial charge on any atom is -0.378 e. The molecular weight excluding hydrogens is 1030 g/mol. The van der Waals surface area contributed by atoms with Gasteiger partial charge in [0.15, 0.2) is 0 Å². The molecule has 69 heavy (non-hydrogen) atoms. The summed E-state index contributed by atoms with van der Waals surface area (Å²) >= 11 is 0. The number of para-hydroxylation sites is 9. The molecule has 0 saturated heterocycles. The molecule has 0 spiro atoms. The molecule has 0 radical (unpaired) electrons. The SMILES string of the molecule is Cc1cccc2c1nc1n(-c3cc(C(C)(C)C)ccn3)c3[c-]c4[nH]c5ccccc5c4cc3n21.[Pt].[c-]1ccccc1-n1[c-][n+](-c2ccccc2-n2c3ccccc3c3ccccc32)c2ccccc21. The molecule has 1 N–H and O–H groups in total. The maximum Gasteiger partial charge on any atom is 0.268 e. The average molecular weight is 1070 g/mol. The molecule has 9 heteroatoms. The second-order valence-corrected chi connectivity index (χ2v) is 18.5. The standard InChI is InChI=1S/C31H20N3.C29H24N5.Pt/c1-2-12-23(13-3-1)32-22-33(29-19-9-8-18-28(29)32)30-20-10-11-21-31(30)34-26-16-6-4-14-24(26)25-15-5-7-17-27(25)34;1-17-8-7-11-23-27(17)32-28-33(23)24-15-20-19-9-5-6-10-21(19)31-22(20)16-25(24)34(28)26-14-18(12-13-30-26)29(2,3)4;/h1-12,14-21H;5-15,31H,1-4H3;/q2*-1;. The Morgan fingerprint density at radius 2 is 1.29 bits per heavy atom. The van der Waals surface area contributed by atoms with E-state index in [9.17, 15) is 0 Å². The van der Waals surface area contributed by atoms with Crippen LogP contribution in [0.15, 0.2) is 188 Å². The van der Waals surface area contributed by atoms with Gasteiger partial charge in [0.25, 0.3) is 6.33 Å². The van der Waals surface area contributed by atoms with Crippen molar-refractivity contribution in [1.29, 1.82) is 0 Å². The topological polar surface area (TPSA) is 64.7 Å². The van der Waals surface area contributed by atoms with Crippen LogP contribution >= 0.6 is 0 Å². The molecule has 0 bridgehead atoms. The third kappa shape index (κ3) is 6.73. The van der Waals surface area contributed by atoms with Gasteiger partial charge in [0.2, 0.25) is 5.78 Å². The van der Waals surface area contributed by atoms with Gasteiger partial charge in [-0.1, -0.05) is 129 Å². The number of fused-ring (bicyclic) bond motifs is 12. The van der Waals surface area contributed by atoms with Gasteiger partial charge in [0.05, 0.1) is 44.5 Å². The van der Waals surface area contributed by atoms with Gasteiger partial charge in [-0.05, 0) is 94.1 Å². The summed E-state index contributed by atoms with van der Waals surface area (Å²) in [5.41, 5.74) is 16.4. The molecule has 14 aromatic rings. The third-order valence-corrected chi connectivity index (χ3v) is 13.3. The van der Waals surface area contributed by atoms with Crippen LogP contribution in [0.2, 0.25) is 0 Å². The van der Waals surface area contributed by atoms with E-state index >= 15 is 0 Å². The largest absolute Gasteiger partial charge is 0.378 e. The summed E-state index contributed by atoms with van der Waals surface area (Å²) in [6.45, 7) is 8.79. The van der Waals surface area contributed by atoms with E-state index < -0.39 is 0 Å². The number of nitrogens with one attached hydrogen (secondary N) is 1. The second kappa shape index (κ2) is 16.3. The van der Waals surface area contributed by atoms with Crippen LogP contribution < -0.4 is 4.57 Å². The fourth-order valence-electron chi connectivity index (χ4n) is 10.0. The predicted octanol–water partition coefficient (Wildman–Crippen LogP) is 13.5. The number of imidazole rings is 3. The van der Waals surface area contributed by atoms with Crippen molar-refractivity contribution in [3.8, 4) is 22.9 Å². The first-order chi connectivity index (χ1) is 33.3. The Kier molecular flexibility index (Phi) is 10.0. The van der Waals surface area contributed by atoms with Crippen molar-refractivity contribution in [2.45, 2.75) is 33.1 Å². The van der Waals surface area contributed by atoms with Crippen molar-refractivity contribution in [2.24, 2.45) is 0 Å². The molecule has 0 atom stereocenters. The number of hydrogen-bond acceptors (Lipinski definition) is 2. The van der Waals surface area contributed by atoms with E-state index in [1.807, 2.05) is 24.4 Å². The van der Waals surface area contributed by atoms with E-state index in [0.717, 1.165) is 83.7 Å². The van der Waals surface area contributed by atoms with Crippen LogP contribution in [0.5, 0.6) is 0 Å². The quantitative estimate of drug-likeness (QED) is 0.141. The number of rotatable bonds is 4. The van der Waals surface area contributed by atoms with Crippen LogP contribution in [0.3, 0.4) is 0 Å². The monoisotopic (exact) mass is 1070 g/mol. The van der Waals surface area contributed by atoms with E-state index in [0.29, 0.717) is 0 Å². The first kappa shape index (κ1) is 42.3. The molecule has 0 aliphatic rings. The number of pyridine rings is 1. The first-order valence-electron chi connectivity index (χ1n) is 23.0. The first-order valence-corrected chi connectivity index (χ1v) is 23.0. The molecule has 336 valence electrons. The van der Waals surface area contributed by atoms with E-state index in [-0.39, 0.29) is 26.5 Å². The summed E-state index contributed by atoms with van der Waals surface area (Å²) < 4.78 is 11.0. The Labute approximate surface area is 412 Å². The van der Waals surface area contributed by atoms with Crippen molar-refractivity contribution in [2.75, 3.05) is 0 Å². The molecular formula is C60H44N8Pt-2. The van der Waals surface area contributed by atoms with Crippen molar-refractivity contribution >= 4 is 82.5 Å². The van der Waals surface area contributed by atoms with Crippen LogP contribution in [0.4, 0.5) is 0 Å². The smallest absolute Gasteiger partial charge is 0.268 e. The summed E-state index contributed by atoms with van der Waals surface area (Å²) in [6, 6.07) is 70.6. The van der Waals surface area contributed by atoms with E-state index in [1.54, 1.807) is 0 Å². The van der Waals surface area contributed by atoms with Crippen molar-refractivity contribution in [1.82, 2.24) is 33.1 Å². The second-order valence-electron chi connectivity index (χ2n) is 18.5. The molecule has 0 aliphatic heterocycles. The van der Waals surface area contributed by atoms with E-state index in [4.69, 9.17) is 9.97 Å². The van der Waals surface area contributed by atoms with E-state index in [2.05, 4.69) is 238 Å². The van der Waals surface area contributed by atoms with Crippen LogP contribution in [0, 0.1) is 25.4 Å². The summed E-state index contributed by atoms with van der Waals surface area (Å²) in [4.78, 5) is 13.5. The Morgan fingerprint density at radius 1 is 0.609 bits per heavy atom. The van der Waals surface area contributed by atoms with Crippen LogP contribution in [0.25, 0.3) is 105 Å². The van der Waals surface area contributed by atoms with Crippen molar-refractivity contribution < 1.29 is 25.6 Å². The average Bonchev–Trinajstić information content (AvgIpc) is 4.18. The van der Waals surface area contributed by atoms with Gasteiger partial charge in [-0.3, -0.25) is 9.13 Å². The van der Waals surface area contributed by atoms with Gasteiger partial charge >= 0.3 is 0 Å². The molecule has 0 unspecified atom stereocenters. The molecule has 14 rings (SSSR count). The number of aromatic amines is 1. The maximum atomic E-state index is 5.11. The number of hydrogen-bond donors (Lipinski definition) is 1. The number of nitrogens with zero attached hydrogens (tertiary/aromatic N) is 7. The van der Waals surface area contributed by atoms with Crippen LogP contribution in [-0.4, -0.2) is 33.1 Å². The fraction of sp³-hybridized carbons (Fsp3) is 0.0833. The van der Waals surface area contributed by atoms with E-state index in [1.165, 1.54) is 32.8 Å². The van der Waals surface area contributed by atoms with Gasteiger partial charge in [-0.2, -0.15) is 30.3 Å². The number of aryl methyl sites for hydroxylation is 1. The van der Waals surface area contributed by atoms with Gasteiger partial charge in [-0.15, -0.1) is 17.5 Å². The number of benzene rings is 8. The zero-order valence-corrected chi connectivity index (χ0v) is 40.6.